The first-order valence-corrected chi connectivity index (χ1v) is 6.50. The monoisotopic (exact) mass is 402 g/mol. The lowest BCUT2D eigenvalue weighted by Gasteiger charge is -2.12. The maximum Gasteiger partial charge on any atom is 0.349 e. The highest BCUT2D eigenvalue weighted by Crippen LogP contribution is 2.39. The van der Waals surface area contributed by atoms with Crippen LogP contribution in [0.25, 0.3) is 21.9 Å². The summed E-state index contributed by atoms with van der Waals surface area (Å²) in [5.41, 5.74) is -6.32. The fourth-order valence-corrected chi connectivity index (χ4v) is 2.39. The lowest BCUT2D eigenvalue weighted by Crippen LogP contribution is -2.13. The quantitative estimate of drug-likeness (QED) is 0.331. The van der Waals surface area contributed by atoms with Crippen LogP contribution in [0.5, 0.6) is 0 Å². The van der Waals surface area contributed by atoms with Crippen molar-refractivity contribution in [3.63, 3.8) is 0 Å². The maximum absolute atomic E-state index is 14.1. The molecule has 0 fully saturated rings. The van der Waals surface area contributed by atoms with E-state index in [2.05, 4.69) is 4.42 Å². The fraction of sp³-hybridized carbons (Fsp3) is 0. The molecule has 0 spiro atoms. The number of fused-ring (bicyclic) bond motifs is 1. The van der Waals surface area contributed by atoms with Crippen LogP contribution in [-0.4, -0.2) is 0 Å². The molecule has 1 heterocycles. The molecular formula is C15F10O2. The Balaban J connectivity index is 2.70. The SMILES string of the molecule is O=c1oc(F)c(-c2c(F)c(F)c(F)c(F)c2F)c2c(F)c(F)c(F)c(F)c12. The number of hydrogen-bond donors (Lipinski definition) is 0. The molecule has 0 atom stereocenters. The first kappa shape index (κ1) is 18.7. The van der Waals surface area contributed by atoms with Gasteiger partial charge in [0.25, 0.3) is 6.01 Å². The van der Waals surface area contributed by atoms with E-state index >= 15 is 0 Å². The van der Waals surface area contributed by atoms with Gasteiger partial charge in [0.15, 0.2) is 46.5 Å². The van der Waals surface area contributed by atoms with Crippen molar-refractivity contribution >= 4 is 10.8 Å². The van der Waals surface area contributed by atoms with Crippen LogP contribution in [-0.2, 0) is 0 Å². The molecule has 142 valence electrons. The summed E-state index contributed by atoms with van der Waals surface area (Å²) < 4.78 is 140. The predicted molar refractivity (Wildman–Crippen MR) is 67.5 cm³/mol. The largest absolute Gasteiger partial charge is 0.394 e. The highest BCUT2D eigenvalue weighted by molar-refractivity contribution is 5.96. The second kappa shape index (κ2) is 5.99. The Labute approximate surface area is 140 Å². The van der Waals surface area contributed by atoms with Crippen molar-refractivity contribution in [2.75, 3.05) is 0 Å². The second-order valence-electron chi connectivity index (χ2n) is 4.99. The third kappa shape index (κ3) is 2.39. The van der Waals surface area contributed by atoms with Crippen molar-refractivity contribution in [2.45, 2.75) is 0 Å². The Bertz CT molecular complexity index is 1170. The minimum Gasteiger partial charge on any atom is -0.394 e. The van der Waals surface area contributed by atoms with E-state index in [4.69, 9.17) is 0 Å². The van der Waals surface area contributed by atoms with Crippen LogP contribution in [0.1, 0.15) is 0 Å². The van der Waals surface area contributed by atoms with Gasteiger partial charge < -0.3 is 4.42 Å². The van der Waals surface area contributed by atoms with E-state index in [9.17, 15) is 48.7 Å². The number of benzene rings is 2. The Morgan fingerprint density at radius 3 is 1.30 bits per heavy atom. The van der Waals surface area contributed by atoms with Crippen molar-refractivity contribution in [2.24, 2.45) is 0 Å². The van der Waals surface area contributed by atoms with Gasteiger partial charge in [0.05, 0.1) is 11.1 Å². The van der Waals surface area contributed by atoms with Crippen LogP contribution in [0, 0.1) is 58.4 Å². The van der Waals surface area contributed by atoms with Gasteiger partial charge in [-0.15, -0.1) is 0 Å². The smallest absolute Gasteiger partial charge is 0.349 e. The highest BCUT2D eigenvalue weighted by Gasteiger charge is 2.34. The second-order valence-corrected chi connectivity index (χ2v) is 4.99. The summed E-state index contributed by atoms with van der Waals surface area (Å²) in [5.74, 6) is -23.4. The van der Waals surface area contributed by atoms with Gasteiger partial charge in [-0.25, -0.2) is 44.3 Å². The molecule has 27 heavy (non-hydrogen) atoms. The molecule has 0 saturated carbocycles. The van der Waals surface area contributed by atoms with E-state index in [0.717, 1.165) is 0 Å². The van der Waals surface area contributed by atoms with Gasteiger partial charge in [-0.1, -0.05) is 0 Å². The van der Waals surface area contributed by atoms with Crippen LogP contribution in [0.3, 0.4) is 0 Å². The van der Waals surface area contributed by atoms with Crippen LogP contribution in [0.2, 0.25) is 0 Å². The Kier molecular flexibility index (Phi) is 4.16. The number of halogens is 10. The van der Waals surface area contributed by atoms with Crippen LogP contribution < -0.4 is 5.63 Å². The minimum atomic E-state index is -2.69. The van der Waals surface area contributed by atoms with Crippen molar-refractivity contribution in [1.82, 2.24) is 0 Å². The molecule has 0 saturated heterocycles. The van der Waals surface area contributed by atoms with E-state index in [1.165, 1.54) is 0 Å². The average molecular weight is 402 g/mol. The molecule has 0 aliphatic carbocycles. The molecule has 1 aromatic heterocycles. The first-order chi connectivity index (χ1) is 12.5. The molecule has 2 aromatic carbocycles. The van der Waals surface area contributed by atoms with Crippen molar-refractivity contribution in [3.8, 4) is 11.1 Å². The molecule has 0 N–H and O–H groups in total. The van der Waals surface area contributed by atoms with Gasteiger partial charge in [-0.2, -0.15) is 4.39 Å². The number of hydrogen-bond acceptors (Lipinski definition) is 2. The van der Waals surface area contributed by atoms with Crippen LogP contribution >= 0.6 is 0 Å². The van der Waals surface area contributed by atoms with Crippen molar-refractivity contribution in [1.29, 1.82) is 0 Å². The molecule has 0 aliphatic rings. The summed E-state index contributed by atoms with van der Waals surface area (Å²) in [5, 5.41) is -3.75. The van der Waals surface area contributed by atoms with Crippen molar-refractivity contribution < 1.29 is 48.3 Å². The van der Waals surface area contributed by atoms with E-state index in [-0.39, 0.29) is 0 Å². The normalized spacial score (nSPS) is 11.5. The number of rotatable bonds is 1. The molecule has 0 bridgehead atoms. The van der Waals surface area contributed by atoms with Gasteiger partial charge in [0.1, 0.15) is 5.39 Å². The third-order valence-corrected chi connectivity index (χ3v) is 3.56. The molecule has 3 aromatic rings. The molecule has 2 nitrogen and oxygen atoms in total. The lowest BCUT2D eigenvalue weighted by atomic mass is 9.98. The molecule has 3 rings (SSSR count). The zero-order valence-corrected chi connectivity index (χ0v) is 12.1. The summed E-state index contributed by atoms with van der Waals surface area (Å²) in [4.78, 5) is 11.5. The lowest BCUT2D eigenvalue weighted by molar-refractivity contribution is 0.328. The predicted octanol–water partition coefficient (Wildman–Crippen LogP) is 4.85. The Morgan fingerprint density at radius 1 is 0.444 bits per heavy atom. The average Bonchev–Trinajstić information content (AvgIpc) is 2.62. The molecule has 0 amide bonds. The summed E-state index contributed by atoms with van der Waals surface area (Å²) >= 11 is 0. The fourth-order valence-electron chi connectivity index (χ4n) is 2.39. The molecule has 0 aliphatic heterocycles. The molecule has 0 unspecified atom stereocenters. The van der Waals surface area contributed by atoms with E-state index in [1.807, 2.05) is 0 Å². The topological polar surface area (TPSA) is 30.2 Å². The Morgan fingerprint density at radius 2 is 0.815 bits per heavy atom. The van der Waals surface area contributed by atoms with Crippen molar-refractivity contribution in [3.05, 3.63) is 68.8 Å². The van der Waals surface area contributed by atoms with Gasteiger partial charge in [0, 0.05) is 5.39 Å². The zero-order chi connectivity index (χ0) is 20.4. The first-order valence-electron chi connectivity index (χ1n) is 6.50. The molecular weight excluding hydrogens is 402 g/mol. The van der Waals surface area contributed by atoms with E-state index in [1.54, 1.807) is 0 Å². The molecule has 0 radical (unpaired) electrons. The van der Waals surface area contributed by atoms with Gasteiger partial charge in [0.2, 0.25) is 5.82 Å². The minimum absolute atomic E-state index is 1.84. The summed E-state index contributed by atoms with van der Waals surface area (Å²) in [7, 11) is 0. The third-order valence-electron chi connectivity index (χ3n) is 3.56. The standard InChI is InChI=1S/C15F10O2/c16-5-1-2(3-6(17)10(21)13(24)11(22)7(3)18)14(25)27-15(26)4(1)8(19)12(23)9(5)20. The summed E-state index contributed by atoms with van der Waals surface area (Å²) in [6.07, 6.45) is 0. The highest BCUT2D eigenvalue weighted by atomic mass is 19.2. The van der Waals surface area contributed by atoms with Crippen LogP contribution in [0.4, 0.5) is 43.9 Å². The van der Waals surface area contributed by atoms with E-state index < -0.39 is 85.9 Å². The summed E-state index contributed by atoms with van der Waals surface area (Å²) in [6, 6.07) is -2.43. The Hall–Kier alpha value is -3.05. The van der Waals surface area contributed by atoms with Gasteiger partial charge in [-0.3, -0.25) is 0 Å². The van der Waals surface area contributed by atoms with Gasteiger partial charge in [-0.05, 0) is 0 Å². The zero-order valence-electron chi connectivity index (χ0n) is 12.1. The summed E-state index contributed by atoms with van der Waals surface area (Å²) in [6.45, 7) is 0. The van der Waals surface area contributed by atoms with E-state index in [0.29, 0.717) is 0 Å². The maximum atomic E-state index is 14.1. The van der Waals surface area contributed by atoms with Gasteiger partial charge >= 0.3 is 5.63 Å². The van der Waals surface area contributed by atoms with Crippen LogP contribution in [0.15, 0.2) is 9.21 Å². The molecule has 12 heteroatoms.